The Hall–Kier alpha value is -1.64. The van der Waals surface area contributed by atoms with Gasteiger partial charge in [-0.15, -0.1) is 0 Å². The van der Waals surface area contributed by atoms with Gasteiger partial charge in [0, 0.05) is 12.1 Å². The number of halogens is 2. The number of hydrogen-bond acceptors (Lipinski definition) is 6. The largest absolute Gasteiger partial charge is 0.462 e. The third-order valence-electron chi connectivity index (χ3n) is 3.14. The molecule has 6 nitrogen and oxygen atoms in total. The van der Waals surface area contributed by atoms with E-state index >= 15 is 0 Å². The molecule has 0 amide bonds. The number of carbonyl (C=O) groups excluding carboxylic acids is 1. The number of carbonyl (C=O) groups is 1. The zero-order valence-corrected chi connectivity index (χ0v) is 12.1. The number of esters is 1. The maximum Gasteiger partial charge on any atom is 0.341 e. The van der Waals surface area contributed by atoms with E-state index in [4.69, 9.17) is 0 Å². The Labute approximate surface area is 120 Å². The van der Waals surface area contributed by atoms with Crippen molar-refractivity contribution in [3.05, 3.63) is 23.3 Å². The van der Waals surface area contributed by atoms with E-state index in [0.29, 0.717) is 6.42 Å². The molecule has 9 heteroatoms. The van der Waals surface area contributed by atoms with Crippen molar-refractivity contribution in [1.82, 2.24) is 9.97 Å². The zero-order valence-electron chi connectivity index (χ0n) is 11.3. The molecule has 1 aliphatic heterocycles. The smallest absolute Gasteiger partial charge is 0.341 e. The summed E-state index contributed by atoms with van der Waals surface area (Å²) in [7, 11) is -3.17. The van der Waals surface area contributed by atoms with Gasteiger partial charge in [0.25, 0.3) is 6.43 Å². The Bertz CT molecular complexity index is 649. The lowest BCUT2D eigenvalue weighted by molar-refractivity contribution is 0.0512. The molecule has 21 heavy (non-hydrogen) atoms. The molecule has 1 aliphatic rings. The van der Waals surface area contributed by atoms with Gasteiger partial charge in [-0.05, 0) is 13.3 Å². The predicted molar refractivity (Wildman–Crippen MR) is 69.0 cm³/mol. The van der Waals surface area contributed by atoms with Crippen LogP contribution in [0.5, 0.6) is 0 Å². The van der Waals surface area contributed by atoms with Crippen LogP contribution in [0.2, 0.25) is 0 Å². The van der Waals surface area contributed by atoms with Crippen molar-refractivity contribution in [1.29, 1.82) is 0 Å². The van der Waals surface area contributed by atoms with Gasteiger partial charge in [-0.3, -0.25) is 0 Å². The monoisotopic (exact) mass is 320 g/mol. The van der Waals surface area contributed by atoms with Gasteiger partial charge in [0.05, 0.1) is 18.1 Å². The number of rotatable bonds is 4. The molecule has 1 saturated heterocycles. The first kappa shape index (κ1) is 15.7. The second-order valence-corrected chi connectivity index (χ2v) is 6.88. The molecule has 0 radical (unpaired) electrons. The standard InChI is InChI=1S/C12H14F2N2O4S/c1-2-20-12(17)8-5-15-11(16-9(8)10(13)14)7-3-4-21(18,19)6-7/h5,7,10H,2-4,6H2,1H3. The SMILES string of the molecule is CCOC(=O)c1cnc(C2CCS(=O)(=O)C2)nc1C(F)F. The van der Waals surface area contributed by atoms with Gasteiger partial charge in [0.15, 0.2) is 9.84 Å². The number of sulfone groups is 1. The molecule has 0 spiro atoms. The first-order chi connectivity index (χ1) is 9.84. The van der Waals surface area contributed by atoms with Crippen LogP contribution in [-0.4, -0.2) is 42.5 Å². The van der Waals surface area contributed by atoms with E-state index in [9.17, 15) is 22.0 Å². The van der Waals surface area contributed by atoms with E-state index in [1.807, 2.05) is 0 Å². The minimum absolute atomic E-state index is 0.00926. The molecule has 2 rings (SSSR count). The fraction of sp³-hybridized carbons (Fsp3) is 0.583. The molecule has 0 aliphatic carbocycles. The summed E-state index contributed by atoms with van der Waals surface area (Å²) in [5.74, 6) is -1.57. The van der Waals surface area contributed by atoms with Gasteiger partial charge in [-0.2, -0.15) is 0 Å². The Morgan fingerprint density at radius 2 is 2.24 bits per heavy atom. The van der Waals surface area contributed by atoms with Crippen LogP contribution in [0.25, 0.3) is 0 Å². The van der Waals surface area contributed by atoms with Crippen LogP contribution in [-0.2, 0) is 14.6 Å². The number of hydrogen-bond donors (Lipinski definition) is 0. The third kappa shape index (κ3) is 3.52. The second kappa shape index (κ2) is 6.00. The van der Waals surface area contributed by atoms with Crippen LogP contribution >= 0.6 is 0 Å². The lowest BCUT2D eigenvalue weighted by Gasteiger charge is -2.11. The molecule has 0 saturated carbocycles. The van der Waals surface area contributed by atoms with Crippen LogP contribution in [0.4, 0.5) is 8.78 Å². The lowest BCUT2D eigenvalue weighted by Crippen LogP contribution is -2.15. The van der Waals surface area contributed by atoms with Gasteiger partial charge >= 0.3 is 5.97 Å². The molecule has 0 bridgehead atoms. The van der Waals surface area contributed by atoms with Crippen molar-refractivity contribution in [3.8, 4) is 0 Å². The third-order valence-corrected chi connectivity index (χ3v) is 4.90. The topological polar surface area (TPSA) is 86.2 Å². The molecular weight excluding hydrogens is 306 g/mol. The Balaban J connectivity index is 2.35. The van der Waals surface area contributed by atoms with Crippen molar-refractivity contribution in [2.75, 3.05) is 18.1 Å². The van der Waals surface area contributed by atoms with Gasteiger partial charge in [-0.1, -0.05) is 0 Å². The maximum atomic E-state index is 13.0. The fourth-order valence-electron chi connectivity index (χ4n) is 2.14. The van der Waals surface area contributed by atoms with Crippen LogP contribution in [0, 0.1) is 0 Å². The normalized spacial score (nSPS) is 20.7. The molecule has 1 fully saturated rings. The summed E-state index contributed by atoms with van der Waals surface area (Å²) in [6.45, 7) is 1.60. The van der Waals surface area contributed by atoms with Crippen LogP contribution in [0.3, 0.4) is 0 Å². The van der Waals surface area contributed by atoms with E-state index in [0.717, 1.165) is 6.20 Å². The van der Waals surface area contributed by atoms with Crippen LogP contribution < -0.4 is 0 Å². The van der Waals surface area contributed by atoms with E-state index < -0.39 is 39.4 Å². The van der Waals surface area contributed by atoms with Crippen LogP contribution in [0.1, 0.15) is 47.6 Å². The summed E-state index contributed by atoms with van der Waals surface area (Å²) < 4.78 is 53.6. The summed E-state index contributed by atoms with van der Waals surface area (Å²) in [4.78, 5) is 19.1. The Morgan fingerprint density at radius 1 is 1.52 bits per heavy atom. The van der Waals surface area contributed by atoms with Crippen LogP contribution in [0.15, 0.2) is 6.20 Å². The highest BCUT2D eigenvalue weighted by atomic mass is 32.2. The molecule has 1 aromatic heterocycles. The predicted octanol–water partition coefficient (Wildman–Crippen LogP) is 1.49. The van der Waals surface area contributed by atoms with Gasteiger partial charge in [0.1, 0.15) is 17.1 Å². The lowest BCUT2D eigenvalue weighted by atomic mass is 10.1. The Morgan fingerprint density at radius 3 is 2.76 bits per heavy atom. The molecule has 1 unspecified atom stereocenters. The van der Waals surface area contributed by atoms with E-state index in [1.165, 1.54) is 0 Å². The molecule has 2 heterocycles. The number of nitrogens with zero attached hydrogens (tertiary/aromatic N) is 2. The van der Waals surface area contributed by atoms with Crippen molar-refractivity contribution >= 4 is 15.8 Å². The number of aromatic nitrogens is 2. The minimum Gasteiger partial charge on any atom is -0.462 e. The Kier molecular flexibility index (Phi) is 4.50. The van der Waals surface area contributed by atoms with Crippen molar-refractivity contribution in [3.63, 3.8) is 0 Å². The second-order valence-electron chi connectivity index (χ2n) is 4.65. The average molecular weight is 320 g/mol. The van der Waals surface area contributed by atoms with Gasteiger partial charge < -0.3 is 4.74 Å². The molecular formula is C12H14F2N2O4S. The van der Waals surface area contributed by atoms with Gasteiger partial charge in [-0.25, -0.2) is 32.0 Å². The summed E-state index contributed by atoms with van der Waals surface area (Å²) in [5, 5.41) is 0. The minimum atomic E-state index is -3.17. The average Bonchev–Trinajstić information content (AvgIpc) is 2.78. The number of ether oxygens (including phenoxy) is 1. The summed E-state index contributed by atoms with van der Waals surface area (Å²) in [6.07, 6.45) is -1.69. The maximum absolute atomic E-state index is 13.0. The zero-order chi connectivity index (χ0) is 15.6. The molecule has 0 N–H and O–H groups in total. The van der Waals surface area contributed by atoms with E-state index in [1.54, 1.807) is 6.92 Å². The summed E-state index contributed by atoms with van der Waals surface area (Å²) in [6, 6.07) is 0. The van der Waals surface area contributed by atoms with Crippen molar-refractivity contribution in [2.24, 2.45) is 0 Å². The van der Waals surface area contributed by atoms with Gasteiger partial charge in [0.2, 0.25) is 0 Å². The molecule has 1 aromatic rings. The molecule has 1 atom stereocenters. The fourth-order valence-corrected chi connectivity index (χ4v) is 3.88. The summed E-state index contributed by atoms with van der Waals surface area (Å²) >= 11 is 0. The van der Waals surface area contributed by atoms with Crippen molar-refractivity contribution in [2.45, 2.75) is 25.7 Å². The molecule has 116 valence electrons. The van der Waals surface area contributed by atoms with Crippen molar-refractivity contribution < 1.29 is 26.7 Å². The highest BCUT2D eigenvalue weighted by Crippen LogP contribution is 2.29. The highest BCUT2D eigenvalue weighted by molar-refractivity contribution is 7.91. The quantitative estimate of drug-likeness (QED) is 0.781. The molecule has 0 aromatic carbocycles. The highest BCUT2D eigenvalue weighted by Gasteiger charge is 2.32. The first-order valence-corrected chi connectivity index (χ1v) is 8.18. The number of alkyl halides is 2. The summed E-state index contributed by atoms with van der Waals surface area (Å²) in [5.41, 5.74) is -1.11. The van der Waals surface area contributed by atoms with E-state index in [-0.39, 0.29) is 23.9 Å². The first-order valence-electron chi connectivity index (χ1n) is 6.36. The van der Waals surface area contributed by atoms with E-state index in [2.05, 4.69) is 14.7 Å².